The van der Waals surface area contributed by atoms with Crippen LogP contribution >= 0.6 is 11.3 Å². The van der Waals surface area contributed by atoms with Crippen molar-refractivity contribution in [2.75, 3.05) is 0 Å². The lowest BCUT2D eigenvalue weighted by atomic mass is 10.2. The number of benzene rings is 1. The van der Waals surface area contributed by atoms with Gasteiger partial charge in [0.2, 0.25) is 5.13 Å². The van der Waals surface area contributed by atoms with Gasteiger partial charge in [0.05, 0.1) is 5.69 Å². The predicted octanol–water partition coefficient (Wildman–Crippen LogP) is 5.03. The van der Waals surface area contributed by atoms with Crippen LogP contribution in [0, 0.1) is 0 Å². The molecule has 0 bridgehead atoms. The highest BCUT2D eigenvalue weighted by Gasteiger charge is 2.42. The van der Waals surface area contributed by atoms with Crippen LogP contribution in [0.5, 0.6) is 0 Å². The van der Waals surface area contributed by atoms with Crippen molar-refractivity contribution in [2.45, 2.75) is 12.4 Å². The summed E-state index contributed by atoms with van der Waals surface area (Å²) >= 11 is 0.774. The molecule has 0 aliphatic heterocycles. The molecule has 10 heteroatoms. The largest absolute Gasteiger partial charge is 0.435 e. The minimum atomic E-state index is -4.99. The second kappa shape index (κ2) is 5.62. The van der Waals surface area contributed by atoms with E-state index in [2.05, 4.69) is 10.1 Å². The fourth-order valence-electron chi connectivity index (χ4n) is 1.97. The first-order chi connectivity index (χ1) is 11.2. The van der Waals surface area contributed by atoms with Gasteiger partial charge in [0, 0.05) is 17.0 Å². The van der Waals surface area contributed by atoms with Crippen molar-refractivity contribution < 1.29 is 26.3 Å². The molecule has 3 aromatic rings. The SMILES string of the molecule is FC(F)(F)c1cc(C(F)(F)F)n(-c2nc(-c3ccccc3)cs2)n1. The van der Waals surface area contributed by atoms with Crippen LogP contribution in [0.1, 0.15) is 11.4 Å². The van der Waals surface area contributed by atoms with Crippen molar-refractivity contribution in [3.05, 3.63) is 53.2 Å². The maximum Gasteiger partial charge on any atom is 0.435 e. The Bertz CT molecular complexity index is 848. The molecular weight excluding hydrogens is 356 g/mol. The number of hydrogen-bond donors (Lipinski definition) is 0. The fraction of sp³-hybridized carbons (Fsp3) is 0.143. The molecule has 1 aromatic carbocycles. The predicted molar refractivity (Wildman–Crippen MR) is 74.7 cm³/mol. The number of halogens is 6. The molecule has 0 aliphatic carbocycles. The second-order valence-electron chi connectivity index (χ2n) is 4.70. The van der Waals surface area contributed by atoms with Gasteiger partial charge >= 0.3 is 12.4 Å². The molecule has 3 rings (SSSR count). The monoisotopic (exact) mass is 363 g/mol. The van der Waals surface area contributed by atoms with E-state index in [1.807, 2.05) is 0 Å². The van der Waals surface area contributed by atoms with Gasteiger partial charge in [0.25, 0.3) is 0 Å². The Kier molecular flexibility index (Phi) is 3.86. The Labute approximate surface area is 135 Å². The standard InChI is InChI=1S/C14H7F6N3S/c15-13(16,17)10-6-11(14(18,19)20)23(22-10)12-21-9(7-24-12)8-4-2-1-3-5-8/h1-7H. The molecule has 0 amide bonds. The molecule has 0 fully saturated rings. The van der Waals surface area contributed by atoms with Crippen LogP contribution in [0.4, 0.5) is 26.3 Å². The smallest absolute Gasteiger partial charge is 0.218 e. The van der Waals surface area contributed by atoms with Crippen molar-refractivity contribution in [3.63, 3.8) is 0 Å². The maximum atomic E-state index is 13.0. The fourth-order valence-corrected chi connectivity index (χ4v) is 2.77. The number of thiazole rings is 1. The van der Waals surface area contributed by atoms with Crippen LogP contribution in [-0.4, -0.2) is 14.8 Å². The number of rotatable bonds is 2. The maximum absolute atomic E-state index is 13.0. The quantitative estimate of drug-likeness (QED) is 0.598. The zero-order chi connectivity index (χ0) is 17.5. The van der Waals surface area contributed by atoms with Crippen LogP contribution in [0.3, 0.4) is 0 Å². The van der Waals surface area contributed by atoms with Crippen LogP contribution in [0.15, 0.2) is 41.8 Å². The average molecular weight is 363 g/mol. The lowest BCUT2D eigenvalue weighted by Gasteiger charge is -2.07. The minimum Gasteiger partial charge on any atom is -0.218 e. The van der Waals surface area contributed by atoms with Crippen LogP contribution in [0.25, 0.3) is 16.4 Å². The molecule has 0 atom stereocenters. The number of aromatic nitrogens is 3. The molecule has 0 unspecified atom stereocenters. The molecule has 2 heterocycles. The highest BCUT2D eigenvalue weighted by atomic mass is 32.1. The van der Waals surface area contributed by atoms with Gasteiger partial charge in [-0.25, -0.2) is 9.67 Å². The second-order valence-corrected chi connectivity index (χ2v) is 5.54. The van der Waals surface area contributed by atoms with Crippen molar-refractivity contribution >= 4 is 11.3 Å². The first kappa shape index (κ1) is 16.5. The minimum absolute atomic E-state index is 0.0242. The van der Waals surface area contributed by atoms with Gasteiger partial charge in [0.1, 0.15) is 0 Å². The van der Waals surface area contributed by atoms with Gasteiger partial charge in [-0.3, -0.25) is 0 Å². The van der Waals surface area contributed by atoms with Gasteiger partial charge in [-0.1, -0.05) is 30.3 Å². The van der Waals surface area contributed by atoms with E-state index in [0.717, 1.165) is 11.3 Å². The molecule has 2 aromatic heterocycles. The third kappa shape index (κ3) is 3.14. The average Bonchev–Trinajstić information content (AvgIpc) is 3.14. The first-order valence-electron chi connectivity index (χ1n) is 6.42. The summed E-state index contributed by atoms with van der Waals surface area (Å²) in [5.74, 6) is 0. The van der Waals surface area contributed by atoms with Crippen molar-refractivity contribution in [3.8, 4) is 16.4 Å². The molecule has 0 aliphatic rings. The van der Waals surface area contributed by atoms with E-state index in [4.69, 9.17) is 0 Å². The topological polar surface area (TPSA) is 30.7 Å². The molecule has 0 radical (unpaired) electrons. The molecule has 0 saturated heterocycles. The molecule has 3 nitrogen and oxygen atoms in total. The van der Waals surface area contributed by atoms with E-state index < -0.39 is 23.7 Å². The Morgan fingerprint density at radius 3 is 2.17 bits per heavy atom. The van der Waals surface area contributed by atoms with E-state index in [1.165, 1.54) is 5.38 Å². The van der Waals surface area contributed by atoms with Gasteiger partial charge < -0.3 is 0 Å². The normalized spacial score (nSPS) is 12.6. The molecular formula is C14H7F6N3S. The van der Waals surface area contributed by atoms with Crippen LogP contribution < -0.4 is 0 Å². The van der Waals surface area contributed by atoms with Crippen molar-refractivity contribution in [2.24, 2.45) is 0 Å². The molecule has 24 heavy (non-hydrogen) atoms. The molecule has 0 N–H and O–H groups in total. The Morgan fingerprint density at radius 1 is 0.917 bits per heavy atom. The highest BCUT2D eigenvalue weighted by molar-refractivity contribution is 7.12. The summed E-state index contributed by atoms with van der Waals surface area (Å²) in [5, 5.41) is 4.21. The summed E-state index contributed by atoms with van der Waals surface area (Å²) in [4.78, 5) is 3.97. The summed E-state index contributed by atoms with van der Waals surface area (Å²) in [6.45, 7) is 0. The van der Waals surface area contributed by atoms with Gasteiger partial charge in [-0.05, 0) is 0 Å². The first-order valence-corrected chi connectivity index (χ1v) is 7.30. The lowest BCUT2D eigenvalue weighted by Crippen LogP contribution is -2.13. The van der Waals surface area contributed by atoms with Crippen molar-refractivity contribution in [1.82, 2.24) is 14.8 Å². The Hall–Kier alpha value is -2.36. The number of hydrogen-bond acceptors (Lipinski definition) is 3. The van der Waals surface area contributed by atoms with E-state index in [1.54, 1.807) is 30.3 Å². The van der Waals surface area contributed by atoms with Crippen molar-refractivity contribution in [1.29, 1.82) is 0 Å². The Balaban J connectivity index is 2.09. The van der Waals surface area contributed by atoms with E-state index in [-0.39, 0.29) is 15.9 Å². The number of nitrogens with zero attached hydrogens (tertiary/aromatic N) is 3. The zero-order valence-electron chi connectivity index (χ0n) is 11.6. The summed E-state index contributed by atoms with van der Waals surface area (Å²) < 4.78 is 77.3. The van der Waals surface area contributed by atoms with E-state index in [9.17, 15) is 26.3 Å². The Morgan fingerprint density at radius 2 is 1.58 bits per heavy atom. The van der Waals surface area contributed by atoms with Crippen LogP contribution in [0.2, 0.25) is 0 Å². The van der Waals surface area contributed by atoms with Gasteiger partial charge in [-0.15, -0.1) is 11.3 Å². The zero-order valence-corrected chi connectivity index (χ0v) is 12.4. The molecule has 0 saturated carbocycles. The summed E-state index contributed by atoms with van der Waals surface area (Å²) in [5.41, 5.74) is -2.15. The third-order valence-electron chi connectivity index (χ3n) is 3.03. The highest BCUT2D eigenvalue weighted by Crippen LogP contribution is 2.37. The third-order valence-corrected chi connectivity index (χ3v) is 3.85. The van der Waals surface area contributed by atoms with Crippen LogP contribution in [-0.2, 0) is 12.4 Å². The number of alkyl halides is 6. The molecule has 126 valence electrons. The van der Waals surface area contributed by atoms with Gasteiger partial charge in [-0.2, -0.15) is 31.4 Å². The summed E-state index contributed by atoms with van der Waals surface area (Å²) in [6, 6.07) is 8.53. The summed E-state index contributed by atoms with van der Waals surface area (Å²) in [7, 11) is 0. The molecule has 0 spiro atoms. The summed E-state index contributed by atoms with van der Waals surface area (Å²) in [6.07, 6.45) is -9.97. The lowest BCUT2D eigenvalue weighted by molar-refractivity contribution is -0.143. The van der Waals surface area contributed by atoms with E-state index in [0.29, 0.717) is 11.3 Å². The van der Waals surface area contributed by atoms with Gasteiger partial charge in [0.15, 0.2) is 11.4 Å². The van der Waals surface area contributed by atoms with E-state index >= 15 is 0 Å².